The number of amides is 2. The third-order valence-corrected chi connectivity index (χ3v) is 7.56. The van der Waals surface area contributed by atoms with Crippen LogP contribution in [-0.4, -0.2) is 86.7 Å². The fraction of sp³-hybridized carbons (Fsp3) is 0.429. The number of rotatable bonds is 10. The van der Waals surface area contributed by atoms with E-state index in [-0.39, 0.29) is 11.8 Å². The number of aromatic amines is 1. The summed E-state index contributed by atoms with van der Waals surface area (Å²) >= 11 is 1.39. The minimum atomic E-state index is -1.29. The lowest BCUT2D eigenvalue weighted by molar-refractivity contribution is -0.174. The summed E-state index contributed by atoms with van der Waals surface area (Å²) in [7, 11) is 0. The quantitative estimate of drug-likeness (QED) is 0.150. The van der Waals surface area contributed by atoms with Gasteiger partial charge in [0, 0.05) is 60.5 Å². The number of H-pyrrole nitrogens is 1. The predicted molar refractivity (Wildman–Crippen MR) is 158 cm³/mol. The number of hydrogen-bond donors (Lipinski definition) is 4. The van der Waals surface area contributed by atoms with Gasteiger partial charge in [0.2, 0.25) is 5.91 Å². The summed E-state index contributed by atoms with van der Waals surface area (Å²) in [5.41, 5.74) is 1.65. The Hall–Kier alpha value is -4.37. The van der Waals surface area contributed by atoms with Crippen LogP contribution in [-0.2, 0) is 19.1 Å². The van der Waals surface area contributed by atoms with Crippen LogP contribution in [0.4, 0.5) is 27.9 Å². The van der Waals surface area contributed by atoms with Crippen molar-refractivity contribution in [2.45, 2.75) is 56.1 Å². The normalized spacial score (nSPS) is 16.3. The zero-order valence-electron chi connectivity index (χ0n) is 24.1. The minimum Gasteiger partial charge on any atom is -0.434 e. The fourth-order valence-corrected chi connectivity index (χ4v) is 5.02. The highest BCUT2D eigenvalue weighted by molar-refractivity contribution is 7.99. The van der Waals surface area contributed by atoms with E-state index in [1.807, 2.05) is 48.2 Å². The number of nitrogens with one attached hydrogen (secondary N) is 3. The molecule has 2 fully saturated rings. The van der Waals surface area contributed by atoms with Crippen LogP contribution in [0.2, 0.25) is 0 Å². The van der Waals surface area contributed by atoms with Crippen molar-refractivity contribution in [3.8, 4) is 0 Å². The molecule has 43 heavy (non-hydrogen) atoms. The van der Waals surface area contributed by atoms with E-state index in [4.69, 9.17) is 9.72 Å². The molecule has 4 N–H and O–H groups in total. The Balaban J connectivity index is 1.26. The molecule has 1 aliphatic heterocycles. The zero-order valence-corrected chi connectivity index (χ0v) is 24.9. The molecular weight excluding hydrogens is 576 g/mol. The number of carbonyl (C=O) groups is 3. The van der Waals surface area contributed by atoms with E-state index in [9.17, 15) is 19.5 Å². The van der Waals surface area contributed by atoms with Crippen LogP contribution in [0.15, 0.2) is 46.5 Å². The van der Waals surface area contributed by atoms with Crippen molar-refractivity contribution in [2.75, 3.05) is 41.7 Å². The second kappa shape index (κ2) is 13.3. The lowest BCUT2D eigenvalue weighted by Gasteiger charge is -2.35. The van der Waals surface area contributed by atoms with Crippen LogP contribution >= 0.6 is 11.8 Å². The number of anilines is 4. The van der Waals surface area contributed by atoms with Crippen LogP contribution in [0, 0.1) is 12.8 Å². The van der Waals surface area contributed by atoms with E-state index in [0.29, 0.717) is 48.8 Å². The van der Waals surface area contributed by atoms with Gasteiger partial charge in [0.25, 0.3) is 0 Å². The molecule has 2 unspecified atom stereocenters. The highest BCUT2D eigenvalue weighted by Gasteiger charge is 2.30. The maximum absolute atomic E-state index is 12.6. The molecule has 2 aliphatic rings. The Labute approximate surface area is 252 Å². The molecule has 5 rings (SSSR count). The third kappa shape index (κ3) is 8.35. The monoisotopic (exact) mass is 610 g/mol. The summed E-state index contributed by atoms with van der Waals surface area (Å²) in [6.07, 6.45) is -1.18. The van der Waals surface area contributed by atoms with E-state index >= 15 is 0 Å². The van der Waals surface area contributed by atoms with Gasteiger partial charge in [-0.05, 0) is 69.6 Å². The first-order valence-electron chi connectivity index (χ1n) is 14.0. The van der Waals surface area contributed by atoms with Crippen LogP contribution in [0.5, 0.6) is 0 Å². The first-order chi connectivity index (χ1) is 20.6. The minimum absolute atomic E-state index is 0.0578. The van der Waals surface area contributed by atoms with Crippen molar-refractivity contribution in [1.82, 2.24) is 25.1 Å². The number of benzene rings is 1. The number of aromatic nitrogens is 4. The maximum atomic E-state index is 12.6. The molecule has 3 heterocycles. The highest BCUT2D eigenvalue weighted by atomic mass is 32.2. The van der Waals surface area contributed by atoms with Gasteiger partial charge >= 0.3 is 12.1 Å². The summed E-state index contributed by atoms with van der Waals surface area (Å²) in [6.45, 7) is 6.23. The molecule has 228 valence electrons. The summed E-state index contributed by atoms with van der Waals surface area (Å²) in [5.74, 6) is 1.21. The Morgan fingerprint density at radius 3 is 2.37 bits per heavy atom. The number of nitrogens with zero attached hydrogens (tertiary/aromatic N) is 5. The molecule has 2 atom stereocenters. The lowest BCUT2D eigenvalue weighted by atomic mass is 10.3. The SMILES string of the molecule is Cc1cc(Nc2cc(N3CCN(C(=O)OC(C)C(=O)OC(C)O)CC3)nc(Sc3ccc(NC(=O)C4CC4)cc3)n2)n[nH]1. The maximum Gasteiger partial charge on any atom is 0.410 e. The first kappa shape index (κ1) is 30.1. The van der Waals surface area contributed by atoms with Crippen LogP contribution in [0.3, 0.4) is 0 Å². The van der Waals surface area contributed by atoms with Gasteiger partial charge in [-0.25, -0.2) is 19.6 Å². The van der Waals surface area contributed by atoms with Gasteiger partial charge in [0.1, 0.15) is 11.6 Å². The molecule has 1 aliphatic carbocycles. The van der Waals surface area contributed by atoms with E-state index < -0.39 is 24.5 Å². The number of aryl methyl sites for hydroxylation is 1. The van der Waals surface area contributed by atoms with Crippen LogP contribution < -0.4 is 15.5 Å². The van der Waals surface area contributed by atoms with Gasteiger partial charge in [0.05, 0.1) is 0 Å². The molecule has 14 nitrogen and oxygen atoms in total. The molecular formula is C28H34N8O6S. The highest BCUT2D eigenvalue weighted by Crippen LogP contribution is 2.32. The Morgan fingerprint density at radius 1 is 1.02 bits per heavy atom. The second-order valence-electron chi connectivity index (χ2n) is 10.4. The van der Waals surface area contributed by atoms with E-state index in [1.165, 1.54) is 30.5 Å². The molecule has 0 spiro atoms. The Bertz CT molecular complexity index is 1450. The number of piperazine rings is 1. The van der Waals surface area contributed by atoms with Gasteiger partial charge in [0.15, 0.2) is 23.4 Å². The Kier molecular flexibility index (Phi) is 9.31. The van der Waals surface area contributed by atoms with Gasteiger partial charge < -0.3 is 35.0 Å². The molecule has 0 bridgehead atoms. The van der Waals surface area contributed by atoms with Crippen LogP contribution in [0.25, 0.3) is 0 Å². The number of aliphatic hydroxyl groups excluding tert-OH is 1. The molecule has 2 aromatic heterocycles. The summed E-state index contributed by atoms with van der Waals surface area (Å²) in [6, 6.07) is 11.2. The largest absolute Gasteiger partial charge is 0.434 e. The van der Waals surface area contributed by atoms with Gasteiger partial charge in [-0.3, -0.25) is 9.89 Å². The van der Waals surface area contributed by atoms with Crippen molar-refractivity contribution in [3.05, 3.63) is 42.1 Å². The van der Waals surface area contributed by atoms with Gasteiger partial charge in [-0.2, -0.15) is 5.10 Å². The lowest BCUT2D eigenvalue weighted by Crippen LogP contribution is -2.50. The number of esters is 1. The van der Waals surface area contributed by atoms with Crippen molar-refractivity contribution in [1.29, 1.82) is 0 Å². The molecule has 3 aromatic rings. The average Bonchev–Trinajstić information content (AvgIpc) is 3.75. The predicted octanol–water partition coefficient (Wildman–Crippen LogP) is 3.28. The van der Waals surface area contributed by atoms with Crippen molar-refractivity contribution < 1.29 is 29.0 Å². The number of ether oxygens (including phenoxy) is 2. The van der Waals surface area contributed by atoms with E-state index in [2.05, 4.69) is 30.6 Å². The standard InChI is InChI=1S/C28H34N8O6S/c1-16-14-23(34-33-16)30-22-15-24(35-10-12-36(13-11-35)28(40)41-17(2)26(39)42-18(3)37)32-27(31-22)43-21-8-6-20(7-9-21)29-25(38)19-4-5-19/h6-9,14-15,17-19,37H,4-5,10-13H2,1-3H3,(H,29,38)(H2,30,31,32,33,34). The summed E-state index contributed by atoms with van der Waals surface area (Å²) in [5, 5.41) is 23.0. The molecule has 2 amide bonds. The van der Waals surface area contributed by atoms with E-state index in [1.54, 1.807) is 0 Å². The first-order valence-corrected chi connectivity index (χ1v) is 14.8. The Morgan fingerprint density at radius 2 is 1.74 bits per heavy atom. The molecule has 0 radical (unpaired) electrons. The number of hydrogen-bond acceptors (Lipinski definition) is 12. The summed E-state index contributed by atoms with van der Waals surface area (Å²) < 4.78 is 9.90. The third-order valence-electron chi connectivity index (χ3n) is 6.69. The smallest absolute Gasteiger partial charge is 0.410 e. The van der Waals surface area contributed by atoms with Crippen molar-refractivity contribution in [2.24, 2.45) is 5.92 Å². The number of aliphatic hydroxyl groups is 1. The van der Waals surface area contributed by atoms with Crippen LogP contribution in [0.1, 0.15) is 32.4 Å². The average molecular weight is 611 g/mol. The van der Waals surface area contributed by atoms with Gasteiger partial charge in [-0.15, -0.1) is 0 Å². The molecule has 1 saturated heterocycles. The van der Waals surface area contributed by atoms with E-state index in [0.717, 1.165) is 29.1 Å². The fourth-order valence-electron chi connectivity index (χ4n) is 4.26. The summed E-state index contributed by atoms with van der Waals surface area (Å²) in [4.78, 5) is 50.5. The zero-order chi connectivity index (χ0) is 30.5. The van der Waals surface area contributed by atoms with Crippen molar-refractivity contribution >= 4 is 52.9 Å². The van der Waals surface area contributed by atoms with Gasteiger partial charge in [-0.1, -0.05) is 0 Å². The second-order valence-corrected chi connectivity index (χ2v) is 11.4. The topological polar surface area (TPSA) is 175 Å². The number of carbonyl (C=O) groups excluding carboxylic acids is 3. The molecule has 1 saturated carbocycles. The molecule has 1 aromatic carbocycles. The van der Waals surface area contributed by atoms with Crippen molar-refractivity contribution in [3.63, 3.8) is 0 Å². The molecule has 15 heteroatoms.